The molecule has 2 fully saturated rings. The molecule has 0 radical (unpaired) electrons. The number of fused-ring (bicyclic) bond motifs is 2. The van der Waals surface area contributed by atoms with Crippen LogP contribution in [0.1, 0.15) is 31.0 Å². The van der Waals surface area contributed by atoms with Crippen molar-refractivity contribution in [1.29, 1.82) is 0 Å². The average Bonchev–Trinajstić information content (AvgIpc) is 3.47. The van der Waals surface area contributed by atoms with Crippen LogP contribution in [0.5, 0.6) is 5.88 Å². The minimum Gasteiger partial charge on any atom is -0.492 e. The van der Waals surface area contributed by atoms with Gasteiger partial charge in [-0.15, -0.1) is 5.10 Å². The number of pyridine rings is 1. The van der Waals surface area contributed by atoms with Crippen LogP contribution in [-0.4, -0.2) is 58.7 Å². The van der Waals surface area contributed by atoms with Gasteiger partial charge < -0.3 is 14.4 Å². The molecule has 35 heavy (non-hydrogen) atoms. The van der Waals surface area contributed by atoms with E-state index in [1.165, 1.54) is 5.57 Å². The smallest absolute Gasteiger partial charge is 0.233 e. The fraction of sp³-hybridized carbons (Fsp3) is 0.400. The molecule has 6 rings (SSSR count). The van der Waals surface area contributed by atoms with Gasteiger partial charge in [0.2, 0.25) is 5.88 Å². The molecule has 1 unspecified atom stereocenters. The average molecular weight is 475 g/mol. The topological polar surface area (TPSA) is 99.7 Å². The number of anilines is 1. The molecule has 182 valence electrons. The van der Waals surface area contributed by atoms with Crippen molar-refractivity contribution in [2.75, 3.05) is 31.1 Å². The molecule has 0 saturated carbocycles. The predicted octanol–water partition coefficient (Wildman–Crippen LogP) is 2.01. The molecule has 2 saturated heterocycles. The Balaban J connectivity index is 1.16. The molecule has 4 aliphatic rings. The summed E-state index contributed by atoms with van der Waals surface area (Å²) in [5.74, 6) is 2.41. The first-order valence-electron chi connectivity index (χ1n) is 12.2. The highest BCUT2D eigenvalue weighted by molar-refractivity contribution is 5.83. The van der Waals surface area contributed by atoms with Crippen molar-refractivity contribution in [2.24, 2.45) is 0 Å². The van der Waals surface area contributed by atoms with Gasteiger partial charge in [0, 0.05) is 61.4 Å². The molecule has 4 aliphatic heterocycles. The van der Waals surface area contributed by atoms with E-state index in [0.717, 1.165) is 66.6 Å². The Morgan fingerprint density at radius 3 is 2.74 bits per heavy atom. The number of hydrazine groups is 2. The third-order valence-corrected chi connectivity index (χ3v) is 6.68. The number of rotatable bonds is 6. The van der Waals surface area contributed by atoms with Crippen molar-refractivity contribution in [1.82, 2.24) is 36.5 Å². The predicted molar refractivity (Wildman–Crippen MR) is 131 cm³/mol. The quantitative estimate of drug-likeness (QED) is 0.577. The Kier molecular flexibility index (Phi) is 5.85. The van der Waals surface area contributed by atoms with Crippen LogP contribution in [0.25, 0.3) is 5.57 Å². The number of aromatic nitrogens is 3. The molecule has 3 N–H and O–H groups in total. The van der Waals surface area contributed by atoms with Gasteiger partial charge in [0.05, 0.1) is 24.2 Å². The largest absolute Gasteiger partial charge is 0.492 e. The van der Waals surface area contributed by atoms with E-state index in [1.54, 1.807) is 0 Å². The molecule has 2 aromatic rings. The van der Waals surface area contributed by atoms with Gasteiger partial charge in [-0.05, 0) is 38.1 Å². The molecule has 6 heterocycles. The third kappa shape index (κ3) is 4.36. The lowest BCUT2D eigenvalue weighted by atomic mass is 9.97. The Morgan fingerprint density at radius 1 is 1.11 bits per heavy atom. The molecule has 2 aromatic heterocycles. The molecule has 0 aromatic carbocycles. The van der Waals surface area contributed by atoms with Gasteiger partial charge in [0.1, 0.15) is 23.8 Å². The number of allylic oxidation sites excluding steroid dienone is 2. The first-order chi connectivity index (χ1) is 17.2. The van der Waals surface area contributed by atoms with Gasteiger partial charge in [-0.25, -0.2) is 15.8 Å². The van der Waals surface area contributed by atoms with E-state index >= 15 is 0 Å². The molecule has 0 spiro atoms. The molecule has 1 atom stereocenters. The first kappa shape index (κ1) is 22.0. The van der Waals surface area contributed by atoms with Crippen molar-refractivity contribution < 1.29 is 9.47 Å². The highest BCUT2D eigenvalue weighted by Gasteiger charge is 2.37. The summed E-state index contributed by atoms with van der Waals surface area (Å²) < 4.78 is 11.9. The Labute approximate surface area is 204 Å². The zero-order chi connectivity index (χ0) is 23.8. The maximum Gasteiger partial charge on any atom is 0.233 e. The lowest BCUT2D eigenvalue weighted by Gasteiger charge is -2.32. The van der Waals surface area contributed by atoms with Crippen molar-refractivity contribution in [2.45, 2.75) is 39.0 Å². The summed E-state index contributed by atoms with van der Waals surface area (Å²) in [4.78, 5) is 7.15. The van der Waals surface area contributed by atoms with E-state index in [0.29, 0.717) is 12.5 Å². The normalized spacial score (nSPS) is 22.1. The minimum absolute atomic E-state index is 0.0762. The van der Waals surface area contributed by atoms with Crippen LogP contribution in [0.2, 0.25) is 0 Å². The van der Waals surface area contributed by atoms with E-state index in [-0.39, 0.29) is 12.3 Å². The second kappa shape index (κ2) is 9.29. The fourth-order valence-corrected chi connectivity index (χ4v) is 4.93. The highest BCUT2D eigenvalue weighted by atomic mass is 16.5. The molecule has 0 bridgehead atoms. The van der Waals surface area contributed by atoms with Crippen LogP contribution in [0.15, 0.2) is 59.8 Å². The van der Waals surface area contributed by atoms with Crippen molar-refractivity contribution >= 4 is 11.4 Å². The SMILES string of the molecule is CCOC1=CN2NC3NNCC3=C2C(c2ccc(N3CCC(Oc4ccc(C)nn4)CC3)nc2)=C1. The number of aryl methyl sites for hydroxylation is 1. The van der Waals surface area contributed by atoms with E-state index in [1.807, 2.05) is 38.4 Å². The van der Waals surface area contributed by atoms with Crippen molar-refractivity contribution in [3.8, 4) is 5.88 Å². The van der Waals surface area contributed by atoms with Crippen LogP contribution < -0.4 is 25.9 Å². The third-order valence-electron chi connectivity index (χ3n) is 6.68. The summed E-state index contributed by atoms with van der Waals surface area (Å²) in [7, 11) is 0. The maximum atomic E-state index is 6.03. The van der Waals surface area contributed by atoms with Crippen LogP contribution in [0, 0.1) is 6.92 Å². The van der Waals surface area contributed by atoms with Gasteiger partial charge in [0.25, 0.3) is 0 Å². The van der Waals surface area contributed by atoms with Gasteiger partial charge in [-0.2, -0.15) is 5.10 Å². The van der Waals surface area contributed by atoms with Crippen molar-refractivity contribution in [3.63, 3.8) is 0 Å². The lowest BCUT2D eigenvalue weighted by Crippen LogP contribution is -2.44. The zero-order valence-corrected chi connectivity index (χ0v) is 20.0. The van der Waals surface area contributed by atoms with E-state index in [4.69, 9.17) is 14.5 Å². The Hall–Kier alpha value is -3.47. The highest BCUT2D eigenvalue weighted by Crippen LogP contribution is 2.38. The standard InChI is InChI=1S/C25H30N8O2/c1-3-34-19-12-20(24-21-14-27-30-25(21)31-33(24)15-19)17-5-6-22(26-13-17)32-10-8-18(9-11-32)35-23-7-4-16(2)28-29-23/h4-7,12-13,15,18,25,27,30-31H,3,8-11,14H2,1-2H3. The zero-order valence-electron chi connectivity index (χ0n) is 20.0. The molecule has 10 nitrogen and oxygen atoms in total. The summed E-state index contributed by atoms with van der Waals surface area (Å²) in [6.45, 7) is 7.11. The number of hydrogen-bond acceptors (Lipinski definition) is 10. The van der Waals surface area contributed by atoms with Gasteiger partial charge in [0.15, 0.2) is 0 Å². The summed E-state index contributed by atoms with van der Waals surface area (Å²) >= 11 is 0. The first-order valence-corrected chi connectivity index (χ1v) is 12.2. The Bertz CT molecular complexity index is 1170. The Morgan fingerprint density at radius 2 is 2.00 bits per heavy atom. The van der Waals surface area contributed by atoms with Gasteiger partial charge in [-0.3, -0.25) is 10.4 Å². The number of nitrogens with one attached hydrogen (secondary N) is 3. The second-order valence-electron chi connectivity index (χ2n) is 9.05. The van der Waals surface area contributed by atoms with Gasteiger partial charge in [-0.1, -0.05) is 0 Å². The monoisotopic (exact) mass is 474 g/mol. The van der Waals surface area contributed by atoms with E-state index in [2.05, 4.69) is 54.6 Å². The summed E-state index contributed by atoms with van der Waals surface area (Å²) in [6, 6.07) is 8.08. The summed E-state index contributed by atoms with van der Waals surface area (Å²) in [6.07, 6.45) is 8.15. The number of piperidine rings is 1. The van der Waals surface area contributed by atoms with Crippen LogP contribution >= 0.6 is 0 Å². The molecular weight excluding hydrogens is 444 g/mol. The lowest BCUT2D eigenvalue weighted by molar-refractivity contribution is 0.162. The molecule has 10 heteroatoms. The van der Waals surface area contributed by atoms with Crippen LogP contribution in [0.4, 0.5) is 5.82 Å². The summed E-state index contributed by atoms with van der Waals surface area (Å²) in [5.41, 5.74) is 15.5. The van der Waals surface area contributed by atoms with Crippen LogP contribution in [-0.2, 0) is 4.74 Å². The number of nitrogens with zero attached hydrogens (tertiary/aromatic N) is 5. The van der Waals surface area contributed by atoms with E-state index in [9.17, 15) is 0 Å². The molecule has 0 aliphatic carbocycles. The van der Waals surface area contributed by atoms with Crippen LogP contribution in [0.3, 0.4) is 0 Å². The second-order valence-corrected chi connectivity index (χ2v) is 9.05. The number of ether oxygens (including phenoxy) is 2. The number of hydrogen-bond donors (Lipinski definition) is 3. The minimum atomic E-state index is 0.0762. The summed E-state index contributed by atoms with van der Waals surface area (Å²) in [5, 5.41) is 10.3. The van der Waals surface area contributed by atoms with E-state index < -0.39 is 0 Å². The fourth-order valence-electron chi connectivity index (χ4n) is 4.93. The molecule has 0 amide bonds. The van der Waals surface area contributed by atoms with Crippen molar-refractivity contribution in [3.05, 3.63) is 71.0 Å². The maximum absolute atomic E-state index is 6.03. The van der Waals surface area contributed by atoms with Gasteiger partial charge >= 0.3 is 0 Å². The molecular formula is C25H30N8O2.